The Labute approximate surface area is 203 Å². The van der Waals surface area contributed by atoms with Gasteiger partial charge in [-0.3, -0.25) is 15.2 Å². The predicted molar refractivity (Wildman–Crippen MR) is 124 cm³/mol. The second kappa shape index (κ2) is 7.28. The number of pyridine rings is 1. The third kappa shape index (κ3) is 2.96. The van der Waals surface area contributed by atoms with Crippen LogP contribution in [0, 0.1) is 5.82 Å². The molecule has 0 aromatic carbocycles. The molecule has 0 spiro atoms. The van der Waals surface area contributed by atoms with Crippen LogP contribution < -0.4 is 10.3 Å². The van der Waals surface area contributed by atoms with Crippen molar-refractivity contribution in [3.63, 3.8) is 0 Å². The molecule has 10 nitrogen and oxygen atoms in total. The summed E-state index contributed by atoms with van der Waals surface area (Å²) in [7, 11) is 17.8. The van der Waals surface area contributed by atoms with E-state index < -0.39 is 28.2 Å². The smallest absolute Gasteiger partial charge is 0.271 e. The van der Waals surface area contributed by atoms with Gasteiger partial charge in [-0.05, 0) is 30.5 Å². The van der Waals surface area contributed by atoms with Gasteiger partial charge in [0.25, 0.3) is 5.91 Å². The number of halogens is 1. The molecule has 3 aliphatic rings. The van der Waals surface area contributed by atoms with E-state index in [1.807, 2.05) is 0 Å². The summed E-state index contributed by atoms with van der Waals surface area (Å²) in [6, 6.07) is 3.04. The Balaban J connectivity index is 1.52. The van der Waals surface area contributed by atoms with Gasteiger partial charge in [0.1, 0.15) is 40.7 Å². The van der Waals surface area contributed by atoms with Gasteiger partial charge < -0.3 is 15.1 Å². The number of carbonyl (C=O) groups excluding carboxylic acids is 1. The number of nitrogens with zero attached hydrogens (tertiary/aromatic N) is 6. The van der Waals surface area contributed by atoms with Crippen LogP contribution in [0.15, 0.2) is 30.7 Å². The normalized spacial score (nSPS) is 32.9. The maximum Gasteiger partial charge on any atom is 0.271 e. The van der Waals surface area contributed by atoms with E-state index in [1.54, 1.807) is 12.3 Å². The molecule has 1 aliphatic carbocycles. The lowest BCUT2D eigenvalue weighted by molar-refractivity contribution is 0.0621. The molecule has 6 radical (unpaired) electrons. The molecule has 1 saturated carbocycles. The molecule has 1 amide bonds. The van der Waals surface area contributed by atoms with Crippen molar-refractivity contribution in [2.24, 2.45) is 0 Å². The molecule has 5 heterocycles. The van der Waals surface area contributed by atoms with E-state index in [2.05, 4.69) is 25.4 Å². The standard InChI is InChI=1S/C21H19B3FN7O3/c22-19(20(23,34)21(19,24)35)32-7-3-14-12(8-11(25)9-26-14)15-2-1-5-30(15)16-4-6-31-17(28-16)13(10-27-31)18(33)29-32/h4,6,8-10,15,34-35H,1-3,5,7H2,(H,29,33). The van der Waals surface area contributed by atoms with Crippen LogP contribution >= 0.6 is 0 Å². The van der Waals surface area contributed by atoms with Crippen LogP contribution in [0.4, 0.5) is 10.2 Å². The summed E-state index contributed by atoms with van der Waals surface area (Å²) >= 11 is 0. The van der Waals surface area contributed by atoms with Crippen molar-refractivity contribution in [3.8, 4) is 0 Å². The molecule has 3 atom stereocenters. The number of anilines is 1. The summed E-state index contributed by atoms with van der Waals surface area (Å²) in [6.45, 7) is 0.646. The van der Waals surface area contributed by atoms with Crippen molar-refractivity contribution in [2.75, 3.05) is 18.0 Å². The molecular formula is C21H19B3FN7O3. The highest BCUT2D eigenvalue weighted by Gasteiger charge is 2.80. The summed E-state index contributed by atoms with van der Waals surface area (Å²) in [4.78, 5) is 24.4. The average Bonchev–Trinajstić information content (AvgIpc) is 3.34. The van der Waals surface area contributed by atoms with Crippen LogP contribution in [0.1, 0.15) is 40.5 Å². The molecule has 2 aliphatic heterocycles. The number of nitrogens with one attached hydrogen (secondary N) is 1. The molecule has 35 heavy (non-hydrogen) atoms. The molecule has 14 heteroatoms. The van der Waals surface area contributed by atoms with Gasteiger partial charge in [0, 0.05) is 36.8 Å². The zero-order valence-corrected chi connectivity index (χ0v) is 18.6. The quantitative estimate of drug-likeness (QED) is 0.377. The SMILES string of the molecule is [B]C1(O)C([B])(O)C1([B])N1CCc2ncc(F)cc2C2CCCN2c2ccn3ncc(c3n2)C(=O)N1. The van der Waals surface area contributed by atoms with Gasteiger partial charge in [-0.25, -0.2) is 18.9 Å². The molecule has 3 aromatic rings. The number of aliphatic hydroxyl groups is 2. The number of hydrogen-bond donors (Lipinski definition) is 3. The number of hydrazine groups is 1. The lowest BCUT2D eigenvalue weighted by Crippen LogP contribution is -2.57. The average molecular weight is 469 g/mol. The number of hydrogen-bond acceptors (Lipinski definition) is 8. The minimum Gasteiger partial charge on any atom is -0.396 e. The summed E-state index contributed by atoms with van der Waals surface area (Å²) in [5.74, 6) is -0.500. The van der Waals surface area contributed by atoms with Gasteiger partial charge in [0.2, 0.25) is 0 Å². The van der Waals surface area contributed by atoms with Crippen molar-refractivity contribution in [1.82, 2.24) is 30.0 Å². The molecule has 6 rings (SSSR count). The first-order valence-electron chi connectivity index (χ1n) is 11.2. The molecule has 2 bridgehead atoms. The topological polar surface area (TPSA) is 119 Å². The first-order valence-corrected chi connectivity index (χ1v) is 11.2. The summed E-state index contributed by atoms with van der Waals surface area (Å²) in [6.07, 6.45) is 5.96. The molecule has 1 saturated heterocycles. The zero-order valence-electron chi connectivity index (χ0n) is 18.6. The summed E-state index contributed by atoms with van der Waals surface area (Å²) in [5, 5.41) is 26.3. The van der Waals surface area contributed by atoms with Gasteiger partial charge in [-0.15, -0.1) is 0 Å². The van der Waals surface area contributed by atoms with Crippen molar-refractivity contribution < 1.29 is 19.4 Å². The van der Waals surface area contributed by atoms with Crippen LogP contribution in [0.2, 0.25) is 0 Å². The van der Waals surface area contributed by atoms with Crippen LogP contribution in [-0.4, -0.2) is 93.8 Å². The molecule has 3 aromatic heterocycles. The third-order valence-electron chi connectivity index (χ3n) is 7.39. The number of carbonyl (C=O) groups is 1. The largest absolute Gasteiger partial charge is 0.396 e. The Morgan fingerprint density at radius 3 is 2.69 bits per heavy atom. The van der Waals surface area contributed by atoms with Crippen molar-refractivity contribution in [2.45, 2.75) is 41.7 Å². The molecule has 3 unspecified atom stereocenters. The predicted octanol–water partition coefficient (Wildman–Crippen LogP) is -1.30. The second-order valence-electron chi connectivity index (χ2n) is 9.29. The number of rotatable bonds is 1. The van der Waals surface area contributed by atoms with Crippen LogP contribution in [0.3, 0.4) is 0 Å². The fourth-order valence-corrected chi connectivity index (χ4v) is 5.24. The van der Waals surface area contributed by atoms with E-state index in [0.29, 0.717) is 23.6 Å². The van der Waals surface area contributed by atoms with Crippen LogP contribution in [0.25, 0.3) is 5.65 Å². The fraction of sp³-hybridized carbons (Fsp3) is 0.429. The Morgan fingerprint density at radius 1 is 1.17 bits per heavy atom. The minimum atomic E-state index is -2.42. The van der Waals surface area contributed by atoms with Crippen molar-refractivity contribution in [1.29, 1.82) is 0 Å². The van der Waals surface area contributed by atoms with Crippen LogP contribution in [-0.2, 0) is 6.42 Å². The van der Waals surface area contributed by atoms with E-state index in [9.17, 15) is 19.4 Å². The summed E-state index contributed by atoms with van der Waals surface area (Å²) < 4.78 is 15.8. The number of fused-ring (bicyclic) bond motifs is 5. The highest BCUT2D eigenvalue weighted by molar-refractivity contribution is 6.43. The lowest BCUT2D eigenvalue weighted by atomic mass is 9.78. The Bertz CT molecular complexity index is 1350. The molecule has 2 fully saturated rings. The molecular weight excluding hydrogens is 450 g/mol. The van der Waals surface area contributed by atoms with E-state index in [1.165, 1.54) is 16.8 Å². The van der Waals surface area contributed by atoms with E-state index in [4.69, 9.17) is 23.5 Å². The van der Waals surface area contributed by atoms with Crippen LogP contribution in [0.5, 0.6) is 0 Å². The third-order valence-corrected chi connectivity index (χ3v) is 7.39. The Hall–Kier alpha value is -2.96. The van der Waals surface area contributed by atoms with Gasteiger partial charge in [-0.2, -0.15) is 5.10 Å². The van der Waals surface area contributed by atoms with E-state index in [0.717, 1.165) is 24.0 Å². The summed E-state index contributed by atoms with van der Waals surface area (Å²) in [5.41, 5.74) is -2.69. The first-order chi connectivity index (χ1) is 16.6. The van der Waals surface area contributed by atoms with Crippen molar-refractivity contribution >= 4 is 40.9 Å². The van der Waals surface area contributed by atoms with Crippen molar-refractivity contribution in [3.05, 3.63) is 53.4 Å². The maximum absolute atomic E-state index is 14.3. The monoisotopic (exact) mass is 469 g/mol. The first kappa shape index (κ1) is 22.5. The Kier molecular flexibility index (Phi) is 4.68. The van der Waals surface area contributed by atoms with Gasteiger partial charge in [-0.1, -0.05) is 0 Å². The Morgan fingerprint density at radius 2 is 1.94 bits per heavy atom. The van der Waals surface area contributed by atoms with Gasteiger partial charge in [0.05, 0.1) is 29.4 Å². The highest BCUT2D eigenvalue weighted by Crippen LogP contribution is 2.55. The molecule has 172 valence electrons. The van der Waals surface area contributed by atoms with Gasteiger partial charge >= 0.3 is 0 Å². The van der Waals surface area contributed by atoms with Gasteiger partial charge in [0.15, 0.2) is 5.65 Å². The van der Waals surface area contributed by atoms with E-state index in [-0.39, 0.29) is 30.2 Å². The maximum atomic E-state index is 14.3. The number of aromatic nitrogens is 4. The van der Waals surface area contributed by atoms with E-state index >= 15 is 0 Å². The fourth-order valence-electron chi connectivity index (χ4n) is 5.24. The lowest BCUT2D eigenvalue weighted by Gasteiger charge is -2.33. The molecule has 3 N–H and O–H groups in total. The minimum absolute atomic E-state index is 0.0466. The zero-order chi connectivity index (χ0) is 24.8. The second-order valence-corrected chi connectivity index (χ2v) is 9.29. The number of amides is 1. The highest BCUT2D eigenvalue weighted by atomic mass is 19.1.